The Morgan fingerprint density at radius 1 is 1.34 bits per heavy atom. The maximum Gasteiger partial charge on any atom is 0.345 e. The van der Waals surface area contributed by atoms with Gasteiger partial charge in [-0.2, -0.15) is 0 Å². The normalized spacial score (nSPS) is 28.9. The van der Waals surface area contributed by atoms with E-state index < -0.39 is 39.1 Å². The van der Waals surface area contributed by atoms with Crippen LogP contribution >= 0.6 is 62.5 Å². The number of esters is 1. The number of β-lactam (4-membered cyclic amide) rings is 1. The molecule has 2 aliphatic heterocycles. The predicted octanol–water partition coefficient (Wildman–Crippen LogP) is 3.07. The van der Waals surface area contributed by atoms with Gasteiger partial charge < -0.3 is 15.0 Å². The van der Waals surface area contributed by atoms with Gasteiger partial charge in [0.2, 0.25) is 15.2 Å². The van der Waals surface area contributed by atoms with Crippen LogP contribution in [0.3, 0.4) is 0 Å². The molecule has 2 fully saturated rings. The van der Waals surface area contributed by atoms with Gasteiger partial charge in [0.1, 0.15) is 12.0 Å². The second kappa shape index (κ2) is 8.46. The van der Waals surface area contributed by atoms with Gasteiger partial charge in [-0.3, -0.25) is 9.59 Å². The molecule has 3 atom stereocenters. The second-order valence-electron chi connectivity index (χ2n) is 7.22. The van der Waals surface area contributed by atoms with Gasteiger partial charge in [-0.15, -0.1) is 11.8 Å². The molecule has 0 bridgehead atoms. The number of nitrogens with one attached hydrogen (secondary N) is 1. The highest BCUT2D eigenvalue weighted by Crippen LogP contribution is 2.47. The summed E-state index contributed by atoms with van der Waals surface area (Å²) in [6.07, 6.45) is 0.0150. The van der Waals surface area contributed by atoms with Gasteiger partial charge in [0, 0.05) is 16.6 Å². The van der Waals surface area contributed by atoms with Crippen molar-refractivity contribution in [2.45, 2.75) is 32.4 Å². The molecule has 158 valence electrons. The van der Waals surface area contributed by atoms with Crippen molar-refractivity contribution in [1.82, 2.24) is 10.2 Å². The van der Waals surface area contributed by atoms with E-state index >= 15 is 0 Å². The fraction of sp³-hybridized carbons (Fsp3) is 0.500. The lowest BCUT2D eigenvalue weighted by molar-refractivity contribution is -0.177. The molecule has 1 aromatic rings. The molecule has 29 heavy (non-hydrogen) atoms. The third-order valence-electron chi connectivity index (χ3n) is 4.53. The number of rotatable bonds is 5. The van der Waals surface area contributed by atoms with Crippen LogP contribution in [0.15, 0.2) is 30.3 Å². The Morgan fingerprint density at radius 3 is 2.62 bits per heavy atom. The summed E-state index contributed by atoms with van der Waals surface area (Å²) >= 11 is 22.0. The van der Waals surface area contributed by atoms with Gasteiger partial charge in [0.25, 0.3) is 5.91 Å². The molecule has 0 radical (unpaired) electrons. The Labute approximate surface area is 196 Å². The Kier molecular flexibility index (Phi) is 6.71. The molecule has 2 saturated heterocycles. The standard InChI is InChI=1S/C18H18BrCl3N2O4S/c1-16(19)8-24-13(26)18(14(24)29-10-16,15(27)28-9-17(20,21)22)23-12(25)7-11-5-3-2-4-6-11/h2-6,14H,7-10H2,1H3,(H,23,25)/t14-,16?,18?/m0/s1. The zero-order valence-corrected chi connectivity index (χ0v) is 20.0. The van der Waals surface area contributed by atoms with Crippen LogP contribution in [0.1, 0.15) is 12.5 Å². The first-order valence-corrected chi connectivity index (χ1v) is 11.6. The Bertz CT molecular complexity index is 821. The van der Waals surface area contributed by atoms with E-state index in [1.165, 1.54) is 11.8 Å². The minimum absolute atomic E-state index is 0.0150. The molecule has 1 aromatic carbocycles. The van der Waals surface area contributed by atoms with Crippen molar-refractivity contribution >= 4 is 80.3 Å². The highest BCUT2D eigenvalue weighted by Gasteiger charge is 2.70. The number of ether oxygens (including phenoxy) is 1. The average molecular weight is 545 g/mol. The highest BCUT2D eigenvalue weighted by molar-refractivity contribution is 9.10. The first kappa shape index (κ1) is 23.0. The van der Waals surface area contributed by atoms with Crippen molar-refractivity contribution in [3.63, 3.8) is 0 Å². The topological polar surface area (TPSA) is 75.7 Å². The predicted molar refractivity (Wildman–Crippen MR) is 118 cm³/mol. The van der Waals surface area contributed by atoms with Crippen molar-refractivity contribution < 1.29 is 19.1 Å². The molecule has 0 saturated carbocycles. The van der Waals surface area contributed by atoms with E-state index in [0.29, 0.717) is 12.3 Å². The van der Waals surface area contributed by atoms with Crippen LogP contribution in [0.5, 0.6) is 0 Å². The van der Waals surface area contributed by atoms with Crippen molar-refractivity contribution in [2.24, 2.45) is 0 Å². The van der Waals surface area contributed by atoms with Crippen molar-refractivity contribution in [2.75, 3.05) is 18.9 Å². The molecule has 2 amide bonds. The number of hydrogen-bond donors (Lipinski definition) is 1. The molecular weight excluding hydrogens is 527 g/mol. The lowest BCUT2D eigenvalue weighted by atomic mass is 9.86. The lowest BCUT2D eigenvalue weighted by Crippen LogP contribution is -2.84. The number of halogens is 4. The SMILES string of the molecule is CC1(Br)CS[C@@H]2N(C1)C(=O)C2(NC(=O)Cc1ccccc1)C(=O)OCC(Cl)(Cl)Cl. The zero-order chi connectivity index (χ0) is 21.4. The maximum atomic E-state index is 13.0. The average Bonchev–Trinajstić information content (AvgIpc) is 2.63. The third kappa shape index (κ3) is 4.98. The fourth-order valence-corrected chi connectivity index (χ4v) is 5.57. The third-order valence-corrected chi connectivity index (χ3v) is 7.48. The fourth-order valence-electron chi connectivity index (χ4n) is 3.29. The number of thioether (sulfide) groups is 1. The molecule has 2 heterocycles. The summed E-state index contributed by atoms with van der Waals surface area (Å²) in [5.74, 6) is -1.30. The summed E-state index contributed by atoms with van der Waals surface area (Å²) in [4.78, 5) is 40.2. The molecular formula is C18H18BrCl3N2O4S. The van der Waals surface area contributed by atoms with E-state index in [4.69, 9.17) is 39.5 Å². The molecule has 0 aliphatic carbocycles. The van der Waals surface area contributed by atoms with Crippen LogP contribution in [0.2, 0.25) is 0 Å². The van der Waals surface area contributed by atoms with Crippen LogP contribution in [0.25, 0.3) is 0 Å². The summed E-state index contributed by atoms with van der Waals surface area (Å²) in [6, 6.07) is 9.01. The molecule has 2 aliphatic rings. The molecule has 0 aromatic heterocycles. The van der Waals surface area contributed by atoms with Crippen LogP contribution < -0.4 is 5.32 Å². The number of benzene rings is 1. The lowest BCUT2D eigenvalue weighted by Gasteiger charge is -2.57. The van der Waals surface area contributed by atoms with Crippen LogP contribution in [0, 0.1) is 0 Å². The van der Waals surface area contributed by atoms with Gasteiger partial charge in [0.15, 0.2) is 0 Å². The number of carbonyl (C=O) groups is 3. The van der Waals surface area contributed by atoms with E-state index in [1.54, 1.807) is 29.2 Å². The first-order valence-electron chi connectivity index (χ1n) is 8.65. The number of fused-ring (bicyclic) bond motifs is 1. The number of amides is 2. The maximum absolute atomic E-state index is 13.0. The highest BCUT2D eigenvalue weighted by atomic mass is 79.9. The van der Waals surface area contributed by atoms with Gasteiger partial charge in [-0.1, -0.05) is 81.1 Å². The van der Waals surface area contributed by atoms with E-state index in [2.05, 4.69) is 21.2 Å². The van der Waals surface area contributed by atoms with E-state index in [-0.39, 0.29) is 10.7 Å². The summed E-state index contributed by atoms with van der Waals surface area (Å²) in [6.45, 7) is 1.82. The van der Waals surface area contributed by atoms with E-state index in [9.17, 15) is 14.4 Å². The van der Waals surface area contributed by atoms with Gasteiger partial charge >= 0.3 is 5.97 Å². The largest absolute Gasteiger partial charge is 0.459 e. The quantitative estimate of drug-likeness (QED) is 0.267. The minimum atomic E-state index is -1.84. The van der Waals surface area contributed by atoms with Crippen molar-refractivity contribution in [3.05, 3.63) is 35.9 Å². The summed E-state index contributed by atoms with van der Waals surface area (Å²) in [5.41, 5.74) is -1.08. The number of carbonyl (C=O) groups excluding carboxylic acids is 3. The van der Waals surface area contributed by atoms with Crippen LogP contribution in [0.4, 0.5) is 0 Å². The van der Waals surface area contributed by atoms with Gasteiger partial charge in [-0.05, 0) is 12.5 Å². The number of alkyl halides is 4. The van der Waals surface area contributed by atoms with Crippen molar-refractivity contribution in [3.8, 4) is 0 Å². The molecule has 0 spiro atoms. The molecule has 6 nitrogen and oxygen atoms in total. The van der Waals surface area contributed by atoms with E-state index in [0.717, 1.165) is 5.56 Å². The van der Waals surface area contributed by atoms with E-state index in [1.807, 2.05) is 13.0 Å². The van der Waals surface area contributed by atoms with Gasteiger partial charge in [0.05, 0.1) is 6.42 Å². The van der Waals surface area contributed by atoms with Crippen molar-refractivity contribution in [1.29, 1.82) is 0 Å². The number of nitrogens with zero attached hydrogens (tertiary/aromatic N) is 1. The summed E-state index contributed by atoms with van der Waals surface area (Å²) < 4.78 is 3.00. The Hall–Kier alpha value is -0.670. The Morgan fingerprint density at radius 2 is 2.00 bits per heavy atom. The molecule has 2 unspecified atom stereocenters. The minimum Gasteiger partial charge on any atom is -0.459 e. The zero-order valence-electron chi connectivity index (χ0n) is 15.3. The Balaban J connectivity index is 1.82. The smallest absolute Gasteiger partial charge is 0.345 e. The molecule has 11 heteroatoms. The second-order valence-corrected chi connectivity index (χ2v) is 12.7. The monoisotopic (exact) mass is 542 g/mol. The first-order chi connectivity index (χ1) is 13.4. The molecule has 1 N–H and O–H groups in total. The van der Waals surface area contributed by atoms with Gasteiger partial charge in [-0.25, -0.2) is 4.79 Å². The summed E-state index contributed by atoms with van der Waals surface area (Å²) in [7, 11) is 0. The molecule has 3 rings (SSSR count). The summed E-state index contributed by atoms with van der Waals surface area (Å²) in [5, 5.41) is 2.03. The van der Waals surface area contributed by atoms with Crippen LogP contribution in [-0.2, 0) is 25.5 Å². The van der Waals surface area contributed by atoms with Crippen LogP contribution in [-0.4, -0.2) is 60.6 Å². The number of hydrogen-bond acceptors (Lipinski definition) is 5.